The second kappa shape index (κ2) is 6.26. The van der Waals surface area contributed by atoms with Gasteiger partial charge >= 0.3 is 0 Å². The SMILES string of the molecule is CCNCc1cc(C)ccc1OCc1nc(C2CC2)no1. The van der Waals surface area contributed by atoms with Crippen molar-refractivity contribution in [2.24, 2.45) is 0 Å². The summed E-state index contributed by atoms with van der Waals surface area (Å²) in [6.07, 6.45) is 2.34. The van der Waals surface area contributed by atoms with Crippen LogP contribution in [0, 0.1) is 6.92 Å². The minimum absolute atomic E-state index is 0.321. The van der Waals surface area contributed by atoms with Crippen molar-refractivity contribution in [1.29, 1.82) is 0 Å². The molecule has 1 fully saturated rings. The van der Waals surface area contributed by atoms with Crippen LogP contribution in [-0.2, 0) is 13.2 Å². The summed E-state index contributed by atoms with van der Waals surface area (Å²) in [6.45, 7) is 6.22. The highest BCUT2D eigenvalue weighted by Crippen LogP contribution is 2.38. The Morgan fingerprint density at radius 3 is 3.00 bits per heavy atom. The van der Waals surface area contributed by atoms with Gasteiger partial charge < -0.3 is 14.6 Å². The molecular formula is C16H21N3O2. The molecule has 0 radical (unpaired) electrons. The summed E-state index contributed by atoms with van der Waals surface area (Å²) in [5.41, 5.74) is 2.38. The summed E-state index contributed by atoms with van der Waals surface area (Å²) in [6, 6.07) is 6.19. The molecule has 1 aromatic heterocycles. The zero-order valence-electron chi connectivity index (χ0n) is 12.6. The number of rotatable bonds is 7. The minimum atomic E-state index is 0.321. The molecule has 0 bridgehead atoms. The molecule has 1 N–H and O–H groups in total. The quantitative estimate of drug-likeness (QED) is 0.848. The number of hydrogen-bond acceptors (Lipinski definition) is 5. The number of nitrogens with zero attached hydrogens (tertiary/aromatic N) is 2. The average Bonchev–Trinajstić information content (AvgIpc) is 3.23. The fraction of sp³-hybridized carbons (Fsp3) is 0.500. The Bertz CT molecular complexity index is 605. The Hall–Kier alpha value is -1.88. The van der Waals surface area contributed by atoms with E-state index in [9.17, 15) is 0 Å². The lowest BCUT2D eigenvalue weighted by molar-refractivity contribution is 0.240. The van der Waals surface area contributed by atoms with Crippen molar-refractivity contribution in [3.05, 3.63) is 41.0 Å². The van der Waals surface area contributed by atoms with Crippen molar-refractivity contribution in [2.75, 3.05) is 6.54 Å². The van der Waals surface area contributed by atoms with Crippen molar-refractivity contribution >= 4 is 0 Å². The smallest absolute Gasteiger partial charge is 0.264 e. The van der Waals surface area contributed by atoms with Gasteiger partial charge in [0.15, 0.2) is 12.4 Å². The van der Waals surface area contributed by atoms with Crippen LogP contribution in [0.15, 0.2) is 22.7 Å². The Labute approximate surface area is 124 Å². The fourth-order valence-corrected chi connectivity index (χ4v) is 2.22. The van der Waals surface area contributed by atoms with Crippen LogP contribution in [0.5, 0.6) is 5.75 Å². The summed E-state index contributed by atoms with van der Waals surface area (Å²) in [7, 11) is 0. The molecule has 0 spiro atoms. The number of aromatic nitrogens is 2. The maximum absolute atomic E-state index is 5.85. The van der Waals surface area contributed by atoms with E-state index in [1.54, 1.807) is 0 Å². The lowest BCUT2D eigenvalue weighted by atomic mass is 10.1. The van der Waals surface area contributed by atoms with Crippen LogP contribution in [0.4, 0.5) is 0 Å². The first-order valence-corrected chi connectivity index (χ1v) is 7.51. The zero-order chi connectivity index (χ0) is 14.7. The fourth-order valence-electron chi connectivity index (χ4n) is 2.22. The van der Waals surface area contributed by atoms with Gasteiger partial charge in [-0.2, -0.15) is 4.98 Å². The van der Waals surface area contributed by atoms with Gasteiger partial charge in [-0.05, 0) is 32.4 Å². The van der Waals surface area contributed by atoms with E-state index in [0.29, 0.717) is 18.4 Å². The van der Waals surface area contributed by atoms with Gasteiger partial charge in [0, 0.05) is 18.0 Å². The first kappa shape index (κ1) is 14.1. The summed E-state index contributed by atoms with van der Waals surface area (Å²) in [5, 5.41) is 7.32. The van der Waals surface area contributed by atoms with E-state index in [1.165, 1.54) is 18.4 Å². The molecule has 112 valence electrons. The second-order valence-electron chi connectivity index (χ2n) is 5.50. The van der Waals surface area contributed by atoms with Crippen LogP contribution in [0.2, 0.25) is 0 Å². The van der Waals surface area contributed by atoms with Gasteiger partial charge in [-0.3, -0.25) is 0 Å². The van der Waals surface area contributed by atoms with E-state index in [-0.39, 0.29) is 0 Å². The summed E-state index contributed by atoms with van der Waals surface area (Å²) in [5.74, 6) is 2.75. The molecule has 0 unspecified atom stereocenters. The van der Waals surface area contributed by atoms with E-state index in [2.05, 4.69) is 35.4 Å². The van der Waals surface area contributed by atoms with Gasteiger partial charge in [-0.15, -0.1) is 0 Å². The maximum Gasteiger partial charge on any atom is 0.264 e. The van der Waals surface area contributed by atoms with Crippen molar-refractivity contribution in [1.82, 2.24) is 15.5 Å². The van der Waals surface area contributed by atoms with E-state index >= 15 is 0 Å². The Kier molecular flexibility index (Phi) is 4.20. The molecule has 5 nitrogen and oxygen atoms in total. The molecule has 21 heavy (non-hydrogen) atoms. The predicted molar refractivity (Wildman–Crippen MR) is 79.2 cm³/mol. The van der Waals surface area contributed by atoms with E-state index in [0.717, 1.165) is 30.2 Å². The highest BCUT2D eigenvalue weighted by Gasteiger charge is 2.28. The molecule has 0 saturated heterocycles. The summed E-state index contributed by atoms with van der Waals surface area (Å²) < 4.78 is 11.1. The van der Waals surface area contributed by atoms with Gasteiger partial charge in [-0.1, -0.05) is 29.8 Å². The van der Waals surface area contributed by atoms with Crippen LogP contribution in [0.25, 0.3) is 0 Å². The van der Waals surface area contributed by atoms with Gasteiger partial charge in [0.2, 0.25) is 0 Å². The predicted octanol–water partition coefficient (Wildman–Crippen LogP) is 2.94. The van der Waals surface area contributed by atoms with Crippen LogP contribution in [0.1, 0.15) is 48.5 Å². The van der Waals surface area contributed by atoms with E-state index in [1.807, 2.05) is 12.1 Å². The van der Waals surface area contributed by atoms with Gasteiger partial charge in [-0.25, -0.2) is 0 Å². The monoisotopic (exact) mass is 287 g/mol. The molecule has 0 aliphatic heterocycles. The Balaban J connectivity index is 1.65. The van der Waals surface area contributed by atoms with Crippen LogP contribution in [-0.4, -0.2) is 16.7 Å². The standard InChI is InChI=1S/C16H21N3O2/c1-3-17-9-13-8-11(2)4-7-14(13)20-10-15-18-16(19-21-15)12-5-6-12/h4,7-8,12,17H,3,5-6,9-10H2,1-2H3. The largest absolute Gasteiger partial charge is 0.483 e. The molecule has 3 rings (SSSR count). The van der Waals surface area contributed by atoms with Crippen molar-refractivity contribution in [3.8, 4) is 5.75 Å². The number of benzene rings is 1. The Morgan fingerprint density at radius 2 is 2.24 bits per heavy atom. The lowest BCUT2D eigenvalue weighted by Gasteiger charge is -2.11. The maximum atomic E-state index is 5.85. The highest BCUT2D eigenvalue weighted by molar-refractivity contribution is 5.36. The topological polar surface area (TPSA) is 60.2 Å². The average molecular weight is 287 g/mol. The summed E-state index contributed by atoms with van der Waals surface area (Å²) in [4.78, 5) is 4.38. The molecule has 0 amide bonds. The number of aryl methyl sites for hydroxylation is 1. The third kappa shape index (κ3) is 3.61. The van der Waals surface area contributed by atoms with Crippen molar-refractivity contribution < 1.29 is 9.26 Å². The molecule has 5 heteroatoms. The van der Waals surface area contributed by atoms with E-state index < -0.39 is 0 Å². The molecule has 2 aromatic rings. The van der Waals surface area contributed by atoms with Crippen molar-refractivity contribution in [2.45, 2.75) is 45.8 Å². The van der Waals surface area contributed by atoms with Gasteiger partial charge in [0.25, 0.3) is 5.89 Å². The van der Waals surface area contributed by atoms with Gasteiger partial charge in [0.05, 0.1) is 0 Å². The van der Waals surface area contributed by atoms with Crippen LogP contribution in [0.3, 0.4) is 0 Å². The van der Waals surface area contributed by atoms with Crippen LogP contribution >= 0.6 is 0 Å². The molecule has 1 saturated carbocycles. The second-order valence-corrected chi connectivity index (χ2v) is 5.50. The molecule has 1 heterocycles. The molecule has 0 atom stereocenters. The van der Waals surface area contributed by atoms with Crippen LogP contribution < -0.4 is 10.1 Å². The number of ether oxygens (including phenoxy) is 1. The minimum Gasteiger partial charge on any atom is -0.483 e. The first-order valence-electron chi connectivity index (χ1n) is 7.51. The van der Waals surface area contributed by atoms with Gasteiger partial charge in [0.1, 0.15) is 5.75 Å². The van der Waals surface area contributed by atoms with Crippen molar-refractivity contribution in [3.63, 3.8) is 0 Å². The molecular weight excluding hydrogens is 266 g/mol. The van der Waals surface area contributed by atoms with E-state index in [4.69, 9.17) is 9.26 Å². The Morgan fingerprint density at radius 1 is 1.38 bits per heavy atom. The summed E-state index contributed by atoms with van der Waals surface area (Å²) >= 11 is 0. The molecule has 1 aromatic carbocycles. The third-order valence-corrected chi connectivity index (χ3v) is 3.56. The number of nitrogens with one attached hydrogen (secondary N) is 1. The first-order chi connectivity index (χ1) is 10.3. The molecule has 1 aliphatic carbocycles. The number of hydrogen-bond donors (Lipinski definition) is 1. The third-order valence-electron chi connectivity index (χ3n) is 3.56. The lowest BCUT2D eigenvalue weighted by Crippen LogP contribution is -2.13. The normalized spacial score (nSPS) is 14.4. The zero-order valence-corrected chi connectivity index (χ0v) is 12.6. The highest BCUT2D eigenvalue weighted by atomic mass is 16.5. The molecule has 1 aliphatic rings.